The lowest BCUT2D eigenvalue weighted by Gasteiger charge is -2.15. The molecule has 0 unspecified atom stereocenters. The first-order valence-corrected chi connectivity index (χ1v) is 6.40. The maximum Gasteiger partial charge on any atom is 0.416 e. The molecular weight excluding hydrogens is 315 g/mol. The highest BCUT2D eigenvalue weighted by atomic mass is 19.4. The van der Waals surface area contributed by atoms with E-state index in [4.69, 9.17) is 4.74 Å². The lowest BCUT2D eigenvalue weighted by atomic mass is 10.1. The Morgan fingerprint density at radius 1 is 1.35 bits per heavy atom. The van der Waals surface area contributed by atoms with Crippen LogP contribution in [0, 0.1) is 10.1 Å². The maximum atomic E-state index is 13.1. The van der Waals surface area contributed by atoms with Gasteiger partial charge in [-0.25, -0.2) is 4.98 Å². The zero-order valence-corrected chi connectivity index (χ0v) is 11.9. The Labute approximate surface area is 129 Å². The van der Waals surface area contributed by atoms with E-state index in [1.165, 1.54) is 37.6 Å². The molecule has 6 nitrogen and oxygen atoms in total. The number of nitrogens with one attached hydrogen (secondary N) is 1. The van der Waals surface area contributed by atoms with Gasteiger partial charge in [-0.15, -0.1) is 0 Å². The molecule has 0 spiro atoms. The average molecular weight is 327 g/mol. The van der Waals surface area contributed by atoms with Crippen molar-refractivity contribution in [3.8, 4) is 5.75 Å². The van der Waals surface area contributed by atoms with Gasteiger partial charge in [0.25, 0.3) is 0 Å². The number of methoxy groups -OCH3 is 1. The van der Waals surface area contributed by atoms with Gasteiger partial charge in [0.15, 0.2) is 0 Å². The van der Waals surface area contributed by atoms with Gasteiger partial charge in [-0.2, -0.15) is 13.2 Å². The largest absolute Gasteiger partial charge is 0.497 e. The molecule has 23 heavy (non-hydrogen) atoms. The normalized spacial score (nSPS) is 11.1. The number of anilines is 1. The average Bonchev–Trinajstić information content (AvgIpc) is 2.52. The highest BCUT2D eigenvalue weighted by molar-refractivity contribution is 5.55. The summed E-state index contributed by atoms with van der Waals surface area (Å²) in [6.07, 6.45) is -3.25. The molecule has 2 aromatic rings. The Morgan fingerprint density at radius 2 is 2.09 bits per heavy atom. The predicted octanol–water partition coefficient (Wildman–Crippen LogP) is 3.63. The van der Waals surface area contributed by atoms with Crippen LogP contribution < -0.4 is 10.1 Å². The van der Waals surface area contributed by atoms with Gasteiger partial charge < -0.3 is 10.1 Å². The molecule has 2 rings (SSSR count). The summed E-state index contributed by atoms with van der Waals surface area (Å²) >= 11 is 0. The summed E-state index contributed by atoms with van der Waals surface area (Å²) in [7, 11) is 1.27. The van der Waals surface area contributed by atoms with Crippen LogP contribution in [0.3, 0.4) is 0 Å². The third-order valence-electron chi connectivity index (χ3n) is 3.05. The monoisotopic (exact) mass is 327 g/mol. The molecule has 0 radical (unpaired) electrons. The summed E-state index contributed by atoms with van der Waals surface area (Å²) in [5, 5.41) is 13.4. The summed E-state index contributed by atoms with van der Waals surface area (Å²) in [6.45, 7) is -0.267. The molecule has 0 aliphatic rings. The number of benzene rings is 1. The Morgan fingerprint density at radius 3 is 2.70 bits per heavy atom. The molecule has 0 fully saturated rings. The Balaban J connectivity index is 2.29. The van der Waals surface area contributed by atoms with Gasteiger partial charge in [-0.3, -0.25) is 10.1 Å². The number of halogens is 3. The molecule has 122 valence electrons. The Bertz CT molecular complexity index is 720. The van der Waals surface area contributed by atoms with Crippen molar-refractivity contribution in [3.63, 3.8) is 0 Å². The van der Waals surface area contributed by atoms with Crippen LogP contribution in [0.25, 0.3) is 0 Å². The van der Waals surface area contributed by atoms with Gasteiger partial charge in [-0.1, -0.05) is 6.07 Å². The van der Waals surface area contributed by atoms with Crippen LogP contribution in [-0.2, 0) is 12.7 Å². The summed E-state index contributed by atoms with van der Waals surface area (Å²) in [4.78, 5) is 14.0. The van der Waals surface area contributed by atoms with E-state index in [1.807, 2.05) is 0 Å². The quantitative estimate of drug-likeness (QED) is 0.670. The minimum Gasteiger partial charge on any atom is -0.497 e. The highest BCUT2D eigenvalue weighted by Crippen LogP contribution is 2.35. The number of alkyl halides is 3. The van der Waals surface area contributed by atoms with E-state index in [0.717, 1.165) is 6.07 Å². The van der Waals surface area contributed by atoms with Crippen molar-refractivity contribution >= 4 is 11.5 Å². The maximum absolute atomic E-state index is 13.1. The first kappa shape index (κ1) is 16.5. The summed E-state index contributed by atoms with van der Waals surface area (Å²) in [5.74, 6) is -0.0219. The van der Waals surface area contributed by atoms with Crippen molar-refractivity contribution < 1.29 is 22.8 Å². The lowest BCUT2D eigenvalue weighted by molar-refractivity contribution is -0.384. The van der Waals surface area contributed by atoms with Gasteiger partial charge in [-0.05, 0) is 23.8 Å². The van der Waals surface area contributed by atoms with E-state index in [9.17, 15) is 23.3 Å². The molecule has 0 atom stereocenters. The van der Waals surface area contributed by atoms with E-state index in [-0.39, 0.29) is 29.4 Å². The minimum atomic E-state index is -4.57. The molecule has 1 aromatic carbocycles. The van der Waals surface area contributed by atoms with Crippen LogP contribution in [0.5, 0.6) is 5.75 Å². The molecule has 1 N–H and O–H groups in total. The highest BCUT2D eigenvalue weighted by Gasteiger charge is 2.33. The molecule has 0 amide bonds. The molecule has 0 aliphatic heterocycles. The summed E-state index contributed by atoms with van der Waals surface area (Å²) < 4.78 is 44.1. The number of ether oxygens (including phenoxy) is 1. The fourth-order valence-corrected chi connectivity index (χ4v) is 1.96. The number of hydrogen-bond donors (Lipinski definition) is 1. The molecule has 1 aromatic heterocycles. The van der Waals surface area contributed by atoms with Crippen molar-refractivity contribution in [2.24, 2.45) is 0 Å². The molecular formula is C14H12F3N3O3. The molecule has 0 bridgehead atoms. The van der Waals surface area contributed by atoms with Crippen LogP contribution in [-0.4, -0.2) is 17.0 Å². The lowest BCUT2D eigenvalue weighted by Crippen LogP contribution is -2.13. The fraction of sp³-hybridized carbons (Fsp3) is 0.214. The zero-order valence-electron chi connectivity index (χ0n) is 11.9. The van der Waals surface area contributed by atoms with Gasteiger partial charge in [0.1, 0.15) is 5.75 Å². The number of aromatic nitrogens is 1. The van der Waals surface area contributed by atoms with Gasteiger partial charge in [0.05, 0.1) is 17.6 Å². The van der Waals surface area contributed by atoms with Crippen molar-refractivity contribution in [1.29, 1.82) is 0 Å². The minimum absolute atomic E-state index is 0.0711. The van der Waals surface area contributed by atoms with E-state index in [0.29, 0.717) is 0 Å². The number of rotatable bonds is 5. The van der Waals surface area contributed by atoms with E-state index < -0.39 is 16.7 Å². The smallest absolute Gasteiger partial charge is 0.416 e. The van der Waals surface area contributed by atoms with Crippen molar-refractivity contribution in [2.45, 2.75) is 12.7 Å². The van der Waals surface area contributed by atoms with E-state index in [1.54, 1.807) is 0 Å². The van der Waals surface area contributed by atoms with Crippen LogP contribution in [0.1, 0.15) is 11.1 Å². The predicted molar refractivity (Wildman–Crippen MR) is 76.2 cm³/mol. The Hall–Kier alpha value is -2.84. The van der Waals surface area contributed by atoms with Crippen molar-refractivity contribution in [3.05, 3.63) is 57.8 Å². The van der Waals surface area contributed by atoms with Crippen LogP contribution in [0.15, 0.2) is 36.5 Å². The number of hydrogen-bond acceptors (Lipinski definition) is 5. The van der Waals surface area contributed by atoms with Gasteiger partial charge >= 0.3 is 11.9 Å². The van der Waals surface area contributed by atoms with Gasteiger partial charge in [0.2, 0.25) is 5.82 Å². The molecule has 9 heteroatoms. The van der Waals surface area contributed by atoms with Crippen LogP contribution in [0.4, 0.5) is 24.7 Å². The number of pyridine rings is 1. The first-order chi connectivity index (χ1) is 10.8. The van der Waals surface area contributed by atoms with Crippen molar-refractivity contribution in [1.82, 2.24) is 4.98 Å². The van der Waals surface area contributed by atoms with Crippen LogP contribution in [0.2, 0.25) is 0 Å². The standard InChI is InChI=1S/C14H12F3N3O3/c1-23-10-5-4-9(11(7-10)14(15,16)17)8-19-13-12(20(21)22)3-2-6-18-13/h2-7H,8H2,1H3,(H,18,19). The zero-order chi connectivity index (χ0) is 17.0. The third kappa shape index (κ3) is 3.87. The second kappa shape index (κ2) is 6.51. The van der Waals surface area contributed by atoms with Gasteiger partial charge in [0, 0.05) is 18.8 Å². The van der Waals surface area contributed by atoms with E-state index in [2.05, 4.69) is 10.3 Å². The topological polar surface area (TPSA) is 77.3 Å². The first-order valence-electron chi connectivity index (χ1n) is 6.40. The Kier molecular flexibility index (Phi) is 4.68. The summed E-state index contributed by atoms with van der Waals surface area (Å²) in [5.41, 5.74) is -1.25. The molecule has 0 aliphatic carbocycles. The van der Waals surface area contributed by atoms with E-state index >= 15 is 0 Å². The second-order valence-electron chi connectivity index (χ2n) is 4.50. The second-order valence-corrected chi connectivity index (χ2v) is 4.50. The third-order valence-corrected chi connectivity index (χ3v) is 3.05. The van der Waals surface area contributed by atoms with Crippen molar-refractivity contribution in [2.75, 3.05) is 12.4 Å². The molecule has 1 heterocycles. The number of nitro groups is 1. The number of nitrogens with zero attached hydrogens (tertiary/aromatic N) is 2. The van der Waals surface area contributed by atoms with Crippen LogP contribution >= 0.6 is 0 Å². The molecule has 0 saturated heterocycles. The summed E-state index contributed by atoms with van der Waals surface area (Å²) in [6, 6.07) is 6.11. The fourth-order valence-electron chi connectivity index (χ4n) is 1.96. The SMILES string of the molecule is COc1ccc(CNc2ncccc2[N+](=O)[O-])c(C(F)(F)F)c1. The molecule has 0 saturated carbocycles.